The molecule has 0 aliphatic carbocycles. The lowest BCUT2D eigenvalue weighted by atomic mass is 10.2. The van der Waals surface area contributed by atoms with E-state index in [-0.39, 0.29) is 14.1 Å². The number of hydrogen-bond acceptors (Lipinski definition) is 0. The fourth-order valence-corrected chi connectivity index (χ4v) is 2.57. The van der Waals surface area contributed by atoms with E-state index in [0.29, 0.717) is 0 Å². The summed E-state index contributed by atoms with van der Waals surface area (Å²) in [6, 6.07) is 0. The van der Waals surface area contributed by atoms with Gasteiger partial charge in [-0.25, -0.2) is 0 Å². The Balaban J connectivity index is -0.000000240. The largest absolute Gasteiger partial charge is 1.00 e. The van der Waals surface area contributed by atoms with E-state index in [1.807, 2.05) is 0 Å². The van der Waals surface area contributed by atoms with Gasteiger partial charge in [-0.1, -0.05) is 27.7 Å². The van der Waals surface area contributed by atoms with Crippen molar-refractivity contribution in [1.82, 2.24) is 0 Å². The highest BCUT2D eigenvalue weighted by Crippen LogP contribution is 2.12. The molecule has 0 heterocycles. The molecule has 0 saturated carbocycles. The molecule has 4 heteroatoms. The van der Waals surface area contributed by atoms with Crippen molar-refractivity contribution < 1.29 is 18.6 Å². The van der Waals surface area contributed by atoms with E-state index in [9.17, 15) is 0 Å². The Bertz CT molecular complexity index is 91.3. The maximum atomic E-state index is 2.31. The van der Waals surface area contributed by atoms with Crippen LogP contribution in [0.4, 0.5) is 9.41 Å². The van der Waals surface area contributed by atoms with Crippen LogP contribution < -0.4 is 4.70 Å². The second kappa shape index (κ2) is 14.8. The Labute approximate surface area is 98.9 Å². The van der Waals surface area contributed by atoms with Gasteiger partial charge in [0.05, 0.1) is 26.2 Å². The van der Waals surface area contributed by atoms with Crippen LogP contribution in [0, 0.1) is 0 Å². The van der Waals surface area contributed by atoms with Gasteiger partial charge in [0, 0.05) is 0 Å². The molecule has 0 aliphatic heterocycles. The highest BCUT2D eigenvalue weighted by atomic mass is 19.0. The molecular weight excluding hydrogens is 215 g/mol. The van der Waals surface area contributed by atoms with Crippen LogP contribution in [0.1, 0.15) is 53.4 Å². The van der Waals surface area contributed by atoms with Gasteiger partial charge in [0.25, 0.3) is 0 Å². The summed E-state index contributed by atoms with van der Waals surface area (Å²) in [6.07, 6.45) is 5.33. The lowest BCUT2D eigenvalue weighted by molar-refractivity contribution is -0.928. The molecule has 16 heavy (non-hydrogen) atoms. The first-order valence-corrected chi connectivity index (χ1v) is 6.09. The minimum atomic E-state index is 0. The van der Waals surface area contributed by atoms with Crippen LogP contribution >= 0.6 is 0 Å². The van der Waals surface area contributed by atoms with Crippen LogP contribution in [-0.4, -0.2) is 30.7 Å². The van der Waals surface area contributed by atoms with Crippen LogP contribution in [0.5, 0.6) is 0 Å². The van der Waals surface area contributed by atoms with Gasteiger partial charge in [-0.15, -0.1) is 0 Å². The molecule has 0 N–H and O–H groups in total. The number of rotatable bonds is 8. The van der Waals surface area contributed by atoms with Crippen molar-refractivity contribution in [3.63, 3.8) is 0 Å². The predicted octanol–water partition coefficient (Wildman–Crippen LogP) is 0.752. The summed E-state index contributed by atoms with van der Waals surface area (Å²) in [5, 5.41) is 0. The Morgan fingerprint density at radius 1 is 0.562 bits per heavy atom. The van der Waals surface area contributed by atoms with Crippen molar-refractivity contribution in [3.8, 4) is 0 Å². The number of quaternary nitrogens is 1. The molecule has 0 aromatic heterocycles. The first kappa shape index (κ1) is 24.8. The quantitative estimate of drug-likeness (QED) is 0.554. The number of hydrogen-bond donors (Lipinski definition) is 0. The summed E-state index contributed by atoms with van der Waals surface area (Å²) in [5.41, 5.74) is 0. The summed E-state index contributed by atoms with van der Waals surface area (Å²) < 4.78 is 1.38. The van der Waals surface area contributed by atoms with Crippen molar-refractivity contribution in [1.29, 1.82) is 0 Å². The van der Waals surface area contributed by atoms with Gasteiger partial charge in [-0.2, -0.15) is 0 Å². The minimum absolute atomic E-state index is 0. The van der Waals surface area contributed by atoms with Crippen LogP contribution in [0.25, 0.3) is 0 Å². The molecule has 0 amide bonds. The molecule has 0 aromatic rings. The number of nitrogens with zero attached hydrogens (tertiary/aromatic N) is 1. The monoisotopic (exact) mass is 245 g/mol. The second-order valence-electron chi connectivity index (χ2n) is 4.24. The summed E-state index contributed by atoms with van der Waals surface area (Å²) >= 11 is 0. The smallest absolute Gasteiger partial charge is 0.0783 e. The molecule has 0 rings (SSSR count). The van der Waals surface area contributed by atoms with Crippen LogP contribution in [0.2, 0.25) is 0 Å². The lowest BCUT2D eigenvalue weighted by Gasteiger charge is -2.38. The van der Waals surface area contributed by atoms with E-state index in [4.69, 9.17) is 0 Å². The standard InChI is InChI=1S/C12H28N.3FH/c1-5-9-13(10-6-2,11-7-3)12-8-4;;;/h5-12H2,1-4H3;3*1H/q+1;;;/p-1. The Morgan fingerprint density at radius 3 is 0.875 bits per heavy atom. The maximum absolute atomic E-state index is 2.31. The summed E-state index contributed by atoms with van der Waals surface area (Å²) in [5.74, 6) is 0. The third-order valence-corrected chi connectivity index (χ3v) is 2.79. The van der Waals surface area contributed by atoms with E-state index in [0.717, 1.165) is 0 Å². The molecule has 0 spiro atoms. The molecule has 0 atom stereocenters. The summed E-state index contributed by atoms with van der Waals surface area (Å²) in [4.78, 5) is 0. The third-order valence-electron chi connectivity index (χ3n) is 2.79. The molecule has 0 fully saturated rings. The van der Waals surface area contributed by atoms with Gasteiger partial charge in [0.2, 0.25) is 0 Å². The first-order chi connectivity index (χ1) is 6.24. The fourth-order valence-electron chi connectivity index (χ4n) is 2.57. The van der Waals surface area contributed by atoms with Gasteiger partial charge in [0.15, 0.2) is 0 Å². The van der Waals surface area contributed by atoms with Crippen molar-refractivity contribution in [2.75, 3.05) is 26.2 Å². The Hall–Kier alpha value is -0.250. The lowest BCUT2D eigenvalue weighted by Crippen LogP contribution is -3.00. The van der Waals surface area contributed by atoms with E-state index in [2.05, 4.69) is 27.7 Å². The first-order valence-electron chi connectivity index (χ1n) is 6.09. The molecule has 0 bridgehead atoms. The molecule has 0 radical (unpaired) electrons. The van der Waals surface area contributed by atoms with Crippen molar-refractivity contribution in [2.45, 2.75) is 53.4 Å². The topological polar surface area (TPSA) is 0 Å². The molecule has 0 aliphatic rings. The van der Waals surface area contributed by atoms with Gasteiger partial charge in [0.1, 0.15) is 0 Å². The van der Waals surface area contributed by atoms with E-state index in [1.54, 1.807) is 0 Å². The highest BCUT2D eigenvalue weighted by molar-refractivity contribution is 4.43. The molecule has 0 saturated heterocycles. The van der Waals surface area contributed by atoms with Crippen molar-refractivity contribution >= 4 is 0 Å². The average molecular weight is 245 g/mol. The zero-order valence-electron chi connectivity index (χ0n) is 11.3. The third kappa shape index (κ3) is 9.01. The minimum Gasteiger partial charge on any atom is -1.00 e. The average Bonchev–Trinajstić information content (AvgIpc) is 2.06. The van der Waals surface area contributed by atoms with Gasteiger partial charge >= 0.3 is 0 Å². The summed E-state index contributed by atoms with van der Waals surface area (Å²) in [7, 11) is 0. The van der Waals surface area contributed by atoms with Gasteiger partial charge < -0.3 is 9.19 Å². The van der Waals surface area contributed by atoms with Crippen molar-refractivity contribution in [3.05, 3.63) is 0 Å². The van der Waals surface area contributed by atoms with E-state index in [1.165, 1.54) is 56.3 Å². The zero-order chi connectivity index (χ0) is 10.2. The van der Waals surface area contributed by atoms with Crippen LogP contribution in [0.3, 0.4) is 0 Å². The Kier molecular flexibility index (Phi) is 22.9. The molecule has 0 aromatic carbocycles. The second-order valence-corrected chi connectivity index (χ2v) is 4.24. The van der Waals surface area contributed by atoms with E-state index < -0.39 is 0 Å². The van der Waals surface area contributed by atoms with Crippen LogP contribution in [-0.2, 0) is 0 Å². The maximum Gasteiger partial charge on any atom is 0.0783 e. The van der Waals surface area contributed by atoms with E-state index >= 15 is 0 Å². The Morgan fingerprint density at radius 2 is 0.750 bits per heavy atom. The summed E-state index contributed by atoms with van der Waals surface area (Å²) in [6.45, 7) is 14.8. The van der Waals surface area contributed by atoms with Gasteiger partial charge in [-0.3, -0.25) is 9.41 Å². The number of halogens is 3. The molecular formula is C12H30F3N. The van der Waals surface area contributed by atoms with Crippen LogP contribution in [0.15, 0.2) is 0 Å². The zero-order valence-corrected chi connectivity index (χ0v) is 11.3. The predicted molar refractivity (Wildman–Crippen MR) is 65.9 cm³/mol. The van der Waals surface area contributed by atoms with Crippen molar-refractivity contribution in [2.24, 2.45) is 0 Å². The normalized spacial score (nSPS) is 9.75. The highest BCUT2D eigenvalue weighted by Gasteiger charge is 2.22. The fraction of sp³-hybridized carbons (Fsp3) is 1.00. The molecule has 104 valence electrons. The molecule has 0 unspecified atom stereocenters. The van der Waals surface area contributed by atoms with Gasteiger partial charge in [-0.05, 0) is 25.7 Å². The SMILES string of the molecule is CCC[N+](CCC)(CCC)CCC.F.F.[F-]. The molecule has 1 nitrogen and oxygen atoms in total.